The van der Waals surface area contributed by atoms with Crippen LogP contribution in [0.5, 0.6) is 5.75 Å². The van der Waals surface area contributed by atoms with Crippen molar-refractivity contribution in [3.63, 3.8) is 0 Å². The Morgan fingerprint density at radius 1 is 1.25 bits per heavy atom. The molecule has 0 N–H and O–H groups in total. The maximum absolute atomic E-state index is 12.6. The molecule has 4 nitrogen and oxygen atoms in total. The standard InChI is InChI=1S/C19H20N2O2S/c1-5-23-15-7-6-8-16-17(15)21(4)19(24-16)20-18(22)14-11-12(2)9-10-13(14)3/h6-11H,5H2,1-4H3. The normalized spacial score (nSPS) is 11.9. The molecule has 0 saturated heterocycles. The summed E-state index contributed by atoms with van der Waals surface area (Å²) in [7, 11) is 1.91. The summed E-state index contributed by atoms with van der Waals surface area (Å²) in [5.41, 5.74) is 3.61. The maximum atomic E-state index is 12.6. The summed E-state index contributed by atoms with van der Waals surface area (Å²) in [6.45, 7) is 6.47. The summed E-state index contributed by atoms with van der Waals surface area (Å²) in [5.74, 6) is 0.603. The molecule has 3 rings (SSSR count). The van der Waals surface area contributed by atoms with E-state index in [0.717, 1.165) is 27.1 Å². The number of thiazole rings is 1. The van der Waals surface area contributed by atoms with Crippen LogP contribution in [-0.4, -0.2) is 17.1 Å². The van der Waals surface area contributed by atoms with Crippen LogP contribution in [0.25, 0.3) is 10.2 Å². The van der Waals surface area contributed by atoms with Gasteiger partial charge in [-0.05, 0) is 44.5 Å². The van der Waals surface area contributed by atoms with Crippen LogP contribution in [0, 0.1) is 13.8 Å². The zero-order valence-corrected chi connectivity index (χ0v) is 15.1. The number of para-hydroxylation sites is 1. The monoisotopic (exact) mass is 340 g/mol. The van der Waals surface area contributed by atoms with Crippen molar-refractivity contribution < 1.29 is 9.53 Å². The highest BCUT2D eigenvalue weighted by molar-refractivity contribution is 7.16. The zero-order chi connectivity index (χ0) is 17.3. The molecule has 1 amide bonds. The minimum Gasteiger partial charge on any atom is -0.492 e. The van der Waals surface area contributed by atoms with E-state index >= 15 is 0 Å². The van der Waals surface area contributed by atoms with Crippen LogP contribution in [0.15, 0.2) is 41.4 Å². The molecule has 24 heavy (non-hydrogen) atoms. The van der Waals surface area contributed by atoms with Gasteiger partial charge in [0.15, 0.2) is 4.80 Å². The van der Waals surface area contributed by atoms with Crippen molar-refractivity contribution in [2.24, 2.45) is 12.0 Å². The molecule has 0 radical (unpaired) electrons. The Bertz CT molecular complexity index is 983. The second-order valence-corrected chi connectivity index (χ2v) is 6.72. The Morgan fingerprint density at radius 3 is 2.79 bits per heavy atom. The van der Waals surface area contributed by atoms with Crippen LogP contribution in [0.1, 0.15) is 28.4 Å². The SMILES string of the molecule is CCOc1cccc2sc(=NC(=O)c3cc(C)ccc3C)n(C)c12. The van der Waals surface area contributed by atoms with Gasteiger partial charge in [-0.3, -0.25) is 4.79 Å². The molecular weight excluding hydrogens is 320 g/mol. The highest BCUT2D eigenvalue weighted by Gasteiger charge is 2.12. The van der Waals surface area contributed by atoms with Crippen molar-refractivity contribution in [3.8, 4) is 5.75 Å². The number of aryl methyl sites for hydroxylation is 3. The first-order valence-corrected chi connectivity index (χ1v) is 8.70. The topological polar surface area (TPSA) is 43.6 Å². The molecule has 0 atom stereocenters. The number of benzene rings is 2. The number of rotatable bonds is 3. The molecule has 124 valence electrons. The van der Waals surface area contributed by atoms with Gasteiger partial charge >= 0.3 is 0 Å². The van der Waals surface area contributed by atoms with E-state index in [9.17, 15) is 4.79 Å². The van der Waals surface area contributed by atoms with Crippen LogP contribution >= 0.6 is 11.3 Å². The van der Waals surface area contributed by atoms with E-state index in [0.29, 0.717) is 17.0 Å². The first kappa shape index (κ1) is 16.5. The Balaban J connectivity index is 2.14. The molecule has 0 fully saturated rings. The molecule has 3 aromatic rings. The first-order valence-electron chi connectivity index (χ1n) is 7.89. The van der Waals surface area contributed by atoms with Gasteiger partial charge in [0.25, 0.3) is 5.91 Å². The number of fused-ring (bicyclic) bond motifs is 1. The molecule has 0 bridgehead atoms. The lowest BCUT2D eigenvalue weighted by atomic mass is 10.1. The number of hydrogen-bond donors (Lipinski definition) is 0. The van der Waals surface area contributed by atoms with E-state index in [1.165, 1.54) is 11.3 Å². The molecule has 0 aliphatic carbocycles. The number of carbonyl (C=O) groups excluding carboxylic acids is 1. The summed E-state index contributed by atoms with van der Waals surface area (Å²) < 4.78 is 8.67. The third-order valence-corrected chi connectivity index (χ3v) is 5.00. The maximum Gasteiger partial charge on any atom is 0.279 e. The molecule has 1 heterocycles. The van der Waals surface area contributed by atoms with E-state index in [2.05, 4.69) is 4.99 Å². The third-order valence-electron chi connectivity index (χ3n) is 3.91. The fourth-order valence-corrected chi connectivity index (χ4v) is 3.70. The second-order valence-electron chi connectivity index (χ2n) is 5.71. The Hall–Kier alpha value is -2.40. The molecule has 0 aliphatic rings. The van der Waals surface area contributed by atoms with Crippen LogP contribution in [0.2, 0.25) is 0 Å². The van der Waals surface area contributed by atoms with Crippen LogP contribution in [-0.2, 0) is 7.05 Å². The molecule has 0 unspecified atom stereocenters. The summed E-state index contributed by atoms with van der Waals surface area (Å²) in [6, 6.07) is 11.8. The highest BCUT2D eigenvalue weighted by Crippen LogP contribution is 2.26. The Morgan fingerprint density at radius 2 is 2.04 bits per heavy atom. The van der Waals surface area contributed by atoms with Gasteiger partial charge in [0.1, 0.15) is 11.3 Å². The number of nitrogens with zero attached hydrogens (tertiary/aromatic N) is 2. The van der Waals surface area contributed by atoms with E-state index < -0.39 is 0 Å². The van der Waals surface area contributed by atoms with Crippen LogP contribution < -0.4 is 9.54 Å². The van der Waals surface area contributed by atoms with E-state index in [1.54, 1.807) is 0 Å². The van der Waals surface area contributed by atoms with Gasteiger partial charge in [-0.15, -0.1) is 0 Å². The highest BCUT2D eigenvalue weighted by atomic mass is 32.1. The average molecular weight is 340 g/mol. The van der Waals surface area contributed by atoms with Crippen molar-refractivity contribution >= 4 is 27.5 Å². The Labute approximate surface area is 145 Å². The van der Waals surface area contributed by atoms with Gasteiger partial charge in [-0.25, -0.2) is 0 Å². The first-order chi connectivity index (χ1) is 11.5. The number of hydrogen-bond acceptors (Lipinski definition) is 3. The fraction of sp³-hybridized carbons (Fsp3) is 0.263. The van der Waals surface area contributed by atoms with Crippen molar-refractivity contribution in [2.75, 3.05) is 6.61 Å². The van der Waals surface area contributed by atoms with E-state index in [-0.39, 0.29) is 5.91 Å². The van der Waals surface area contributed by atoms with Crippen LogP contribution in [0.3, 0.4) is 0 Å². The minimum atomic E-state index is -0.212. The number of ether oxygens (including phenoxy) is 1. The second kappa shape index (κ2) is 6.61. The number of aromatic nitrogens is 1. The molecular formula is C19H20N2O2S. The molecule has 1 aromatic heterocycles. The van der Waals surface area contributed by atoms with Gasteiger partial charge in [0, 0.05) is 12.6 Å². The fourth-order valence-electron chi connectivity index (χ4n) is 2.66. The lowest BCUT2D eigenvalue weighted by Crippen LogP contribution is -2.14. The van der Waals surface area contributed by atoms with Crippen molar-refractivity contribution in [2.45, 2.75) is 20.8 Å². The summed E-state index contributed by atoms with van der Waals surface area (Å²) in [4.78, 5) is 17.6. The van der Waals surface area contributed by atoms with Crippen molar-refractivity contribution in [1.29, 1.82) is 0 Å². The molecule has 2 aromatic carbocycles. The zero-order valence-electron chi connectivity index (χ0n) is 14.3. The Kier molecular flexibility index (Phi) is 4.53. The van der Waals surface area contributed by atoms with Crippen molar-refractivity contribution in [1.82, 2.24) is 4.57 Å². The quantitative estimate of drug-likeness (QED) is 0.723. The largest absolute Gasteiger partial charge is 0.492 e. The van der Waals surface area contributed by atoms with Gasteiger partial charge in [-0.1, -0.05) is 35.1 Å². The summed E-state index contributed by atoms with van der Waals surface area (Å²) in [6.07, 6.45) is 0. The molecule has 5 heteroatoms. The van der Waals surface area contributed by atoms with E-state index in [4.69, 9.17) is 4.74 Å². The average Bonchev–Trinajstić information content (AvgIpc) is 2.87. The third kappa shape index (κ3) is 2.99. The number of carbonyl (C=O) groups is 1. The number of amides is 1. The predicted octanol–water partition coefficient (Wildman–Crippen LogP) is 4.00. The summed E-state index contributed by atoms with van der Waals surface area (Å²) >= 11 is 1.49. The van der Waals surface area contributed by atoms with Crippen molar-refractivity contribution in [3.05, 3.63) is 57.9 Å². The lowest BCUT2D eigenvalue weighted by Gasteiger charge is -2.05. The van der Waals surface area contributed by atoms with Gasteiger partial charge < -0.3 is 9.30 Å². The molecule has 0 aliphatic heterocycles. The van der Waals surface area contributed by atoms with Gasteiger partial charge in [0.05, 0.1) is 11.3 Å². The smallest absolute Gasteiger partial charge is 0.279 e. The van der Waals surface area contributed by atoms with Crippen LogP contribution in [0.4, 0.5) is 0 Å². The molecule has 0 saturated carbocycles. The lowest BCUT2D eigenvalue weighted by molar-refractivity contribution is 0.0997. The van der Waals surface area contributed by atoms with Gasteiger partial charge in [0.2, 0.25) is 0 Å². The summed E-state index contributed by atoms with van der Waals surface area (Å²) in [5, 5.41) is 0. The van der Waals surface area contributed by atoms with E-state index in [1.807, 2.05) is 68.8 Å². The minimum absolute atomic E-state index is 0.212. The molecule has 0 spiro atoms. The predicted molar refractivity (Wildman–Crippen MR) is 97.8 cm³/mol. The van der Waals surface area contributed by atoms with Gasteiger partial charge in [-0.2, -0.15) is 4.99 Å².